The summed E-state index contributed by atoms with van der Waals surface area (Å²) in [5.41, 5.74) is 2.81. The van der Waals surface area contributed by atoms with E-state index in [1.807, 2.05) is 42.5 Å². The van der Waals surface area contributed by atoms with Gasteiger partial charge in [0.05, 0.1) is 24.2 Å². The fraction of sp³-hybridized carbons (Fsp3) is 0.0625. The molecule has 3 aromatic rings. The molecule has 3 rings (SSSR count). The van der Waals surface area contributed by atoms with Crippen LogP contribution in [0.5, 0.6) is 0 Å². The number of hydrogen-bond acceptors (Lipinski definition) is 3. The summed E-state index contributed by atoms with van der Waals surface area (Å²) in [7, 11) is 0. The lowest BCUT2D eigenvalue weighted by Crippen LogP contribution is -1.99. The van der Waals surface area contributed by atoms with E-state index in [-0.39, 0.29) is 0 Å². The summed E-state index contributed by atoms with van der Waals surface area (Å²) in [6.45, 7) is 0.701. The Balaban J connectivity index is 1.98. The lowest BCUT2D eigenvalue weighted by molar-refractivity contribution is 0.564. The van der Waals surface area contributed by atoms with Crippen LogP contribution in [0.1, 0.15) is 11.1 Å². The standard InChI is InChI=1S/C16H12N2O/c17-9-13-5-6-16(15-4-2-1-3-14(13)15)18-10-12-7-8-19-11-12/h1-8,11,18H,10H2. The topological polar surface area (TPSA) is 49.0 Å². The first-order chi connectivity index (χ1) is 9.38. The SMILES string of the molecule is N#Cc1ccc(NCc2ccoc2)c2ccccc12. The first-order valence-corrected chi connectivity index (χ1v) is 6.05. The van der Waals surface area contributed by atoms with E-state index in [9.17, 15) is 0 Å². The van der Waals surface area contributed by atoms with Crippen LogP contribution in [0.3, 0.4) is 0 Å². The molecule has 0 aliphatic carbocycles. The largest absolute Gasteiger partial charge is 0.472 e. The Bertz CT molecular complexity index is 739. The van der Waals surface area contributed by atoms with Gasteiger partial charge >= 0.3 is 0 Å². The highest BCUT2D eigenvalue weighted by Crippen LogP contribution is 2.26. The third-order valence-corrected chi connectivity index (χ3v) is 3.11. The first-order valence-electron chi connectivity index (χ1n) is 6.05. The minimum absolute atomic E-state index is 0.699. The maximum atomic E-state index is 9.12. The van der Waals surface area contributed by atoms with Gasteiger partial charge in [-0.2, -0.15) is 5.26 Å². The molecule has 0 aliphatic rings. The molecule has 0 spiro atoms. The van der Waals surface area contributed by atoms with Gasteiger partial charge in [0, 0.05) is 28.6 Å². The molecule has 0 saturated heterocycles. The highest BCUT2D eigenvalue weighted by molar-refractivity contribution is 5.97. The van der Waals surface area contributed by atoms with Crippen molar-refractivity contribution in [2.45, 2.75) is 6.54 Å². The van der Waals surface area contributed by atoms with Crippen molar-refractivity contribution in [3.63, 3.8) is 0 Å². The van der Waals surface area contributed by atoms with Crippen molar-refractivity contribution in [1.29, 1.82) is 5.26 Å². The number of benzene rings is 2. The monoisotopic (exact) mass is 248 g/mol. The van der Waals surface area contributed by atoms with E-state index in [2.05, 4.69) is 11.4 Å². The molecule has 0 atom stereocenters. The molecule has 3 heteroatoms. The van der Waals surface area contributed by atoms with Gasteiger partial charge in [0.25, 0.3) is 0 Å². The van der Waals surface area contributed by atoms with Gasteiger partial charge in [0.1, 0.15) is 0 Å². The van der Waals surface area contributed by atoms with Crippen molar-refractivity contribution in [3.8, 4) is 6.07 Å². The minimum Gasteiger partial charge on any atom is -0.472 e. The number of nitrogens with zero attached hydrogens (tertiary/aromatic N) is 1. The van der Waals surface area contributed by atoms with Crippen LogP contribution >= 0.6 is 0 Å². The Morgan fingerprint density at radius 3 is 2.63 bits per heavy atom. The van der Waals surface area contributed by atoms with E-state index in [0.717, 1.165) is 22.0 Å². The molecule has 1 aromatic heterocycles. The average molecular weight is 248 g/mol. The molecule has 0 radical (unpaired) electrons. The highest BCUT2D eigenvalue weighted by Gasteiger charge is 2.05. The highest BCUT2D eigenvalue weighted by atomic mass is 16.3. The maximum Gasteiger partial charge on any atom is 0.0998 e. The summed E-state index contributed by atoms with van der Waals surface area (Å²) in [6, 6.07) is 15.9. The number of rotatable bonds is 3. The second-order valence-electron chi connectivity index (χ2n) is 4.30. The fourth-order valence-electron chi connectivity index (χ4n) is 2.14. The maximum absolute atomic E-state index is 9.12. The van der Waals surface area contributed by atoms with E-state index >= 15 is 0 Å². The quantitative estimate of drug-likeness (QED) is 0.764. The molecule has 19 heavy (non-hydrogen) atoms. The molecular weight excluding hydrogens is 236 g/mol. The Kier molecular flexibility index (Phi) is 2.91. The molecule has 0 unspecified atom stereocenters. The lowest BCUT2D eigenvalue weighted by atomic mass is 10.0. The zero-order valence-corrected chi connectivity index (χ0v) is 10.3. The van der Waals surface area contributed by atoms with E-state index in [4.69, 9.17) is 9.68 Å². The molecule has 0 fully saturated rings. The first kappa shape index (κ1) is 11.4. The van der Waals surface area contributed by atoms with Crippen LogP contribution in [-0.4, -0.2) is 0 Å². The van der Waals surface area contributed by atoms with E-state index < -0.39 is 0 Å². The number of nitrogens with one attached hydrogen (secondary N) is 1. The molecule has 1 N–H and O–H groups in total. The summed E-state index contributed by atoms with van der Waals surface area (Å²) in [5, 5.41) is 14.5. The van der Waals surface area contributed by atoms with Gasteiger partial charge < -0.3 is 9.73 Å². The van der Waals surface area contributed by atoms with Gasteiger partial charge in [-0.3, -0.25) is 0 Å². The van der Waals surface area contributed by atoms with Crippen LogP contribution in [0.15, 0.2) is 59.4 Å². The van der Waals surface area contributed by atoms with Crippen LogP contribution in [0, 0.1) is 11.3 Å². The summed E-state index contributed by atoms with van der Waals surface area (Å²) < 4.78 is 5.04. The van der Waals surface area contributed by atoms with E-state index in [1.165, 1.54) is 0 Å². The van der Waals surface area contributed by atoms with Crippen molar-refractivity contribution in [2.75, 3.05) is 5.32 Å². The molecule has 0 bridgehead atoms. The van der Waals surface area contributed by atoms with Gasteiger partial charge in [0.2, 0.25) is 0 Å². The van der Waals surface area contributed by atoms with Crippen molar-refractivity contribution in [1.82, 2.24) is 0 Å². The molecule has 2 aromatic carbocycles. The second-order valence-corrected chi connectivity index (χ2v) is 4.30. The Morgan fingerprint density at radius 1 is 1.05 bits per heavy atom. The zero-order chi connectivity index (χ0) is 13.1. The van der Waals surface area contributed by atoms with Crippen LogP contribution in [0.25, 0.3) is 10.8 Å². The van der Waals surface area contributed by atoms with Gasteiger partial charge in [-0.05, 0) is 18.2 Å². The average Bonchev–Trinajstić information content (AvgIpc) is 2.98. The van der Waals surface area contributed by atoms with Crippen molar-refractivity contribution < 1.29 is 4.42 Å². The normalized spacial score (nSPS) is 10.3. The van der Waals surface area contributed by atoms with Gasteiger partial charge in [-0.15, -0.1) is 0 Å². The smallest absolute Gasteiger partial charge is 0.0998 e. The van der Waals surface area contributed by atoms with Gasteiger partial charge in [-0.1, -0.05) is 24.3 Å². The Labute approximate surface area is 111 Å². The predicted octanol–water partition coefficient (Wildman–Crippen LogP) is 3.92. The molecule has 0 saturated carbocycles. The number of furan rings is 1. The predicted molar refractivity (Wildman–Crippen MR) is 74.7 cm³/mol. The number of nitriles is 1. The summed E-state index contributed by atoms with van der Waals surface area (Å²) >= 11 is 0. The van der Waals surface area contributed by atoms with E-state index in [0.29, 0.717) is 12.1 Å². The van der Waals surface area contributed by atoms with Gasteiger partial charge in [-0.25, -0.2) is 0 Å². The zero-order valence-electron chi connectivity index (χ0n) is 10.3. The number of anilines is 1. The molecule has 92 valence electrons. The van der Waals surface area contributed by atoms with Crippen LogP contribution in [0.2, 0.25) is 0 Å². The fourth-order valence-corrected chi connectivity index (χ4v) is 2.14. The summed E-state index contributed by atoms with van der Waals surface area (Å²) in [4.78, 5) is 0. The van der Waals surface area contributed by atoms with Crippen LogP contribution in [0.4, 0.5) is 5.69 Å². The van der Waals surface area contributed by atoms with Crippen molar-refractivity contribution in [3.05, 3.63) is 66.1 Å². The number of fused-ring (bicyclic) bond motifs is 1. The third-order valence-electron chi connectivity index (χ3n) is 3.11. The summed E-state index contributed by atoms with van der Waals surface area (Å²) in [5.74, 6) is 0. The summed E-state index contributed by atoms with van der Waals surface area (Å²) in [6.07, 6.45) is 3.38. The molecule has 0 aliphatic heterocycles. The second kappa shape index (κ2) is 4.87. The Morgan fingerprint density at radius 2 is 1.89 bits per heavy atom. The third kappa shape index (κ3) is 2.16. The lowest BCUT2D eigenvalue weighted by Gasteiger charge is -2.09. The van der Waals surface area contributed by atoms with Crippen molar-refractivity contribution in [2.24, 2.45) is 0 Å². The van der Waals surface area contributed by atoms with E-state index in [1.54, 1.807) is 12.5 Å². The number of hydrogen-bond donors (Lipinski definition) is 1. The molecule has 1 heterocycles. The van der Waals surface area contributed by atoms with Crippen molar-refractivity contribution >= 4 is 16.5 Å². The molecular formula is C16H12N2O. The molecule has 0 amide bonds. The van der Waals surface area contributed by atoms with Crippen LogP contribution < -0.4 is 5.32 Å². The Hall–Kier alpha value is -2.73. The van der Waals surface area contributed by atoms with Crippen LogP contribution in [-0.2, 0) is 6.54 Å². The van der Waals surface area contributed by atoms with Gasteiger partial charge in [0.15, 0.2) is 0 Å². The molecule has 3 nitrogen and oxygen atoms in total. The minimum atomic E-state index is 0.699.